The van der Waals surface area contributed by atoms with Crippen LogP contribution in [0.2, 0.25) is 0 Å². The zero-order valence-corrected chi connectivity index (χ0v) is 12.9. The van der Waals surface area contributed by atoms with Crippen molar-refractivity contribution < 1.29 is 18.7 Å². The third kappa shape index (κ3) is 3.68. The molecule has 0 saturated carbocycles. The number of rotatable bonds is 3. The van der Waals surface area contributed by atoms with E-state index in [0.717, 1.165) is 5.56 Å². The largest absolute Gasteiger partial charge is 0.444 e. The van der Waals surface area contributed by atoms with Gasteiger partial charge in [0.15, 0.2) is 5.78 Å². The van der Waals surface area contributed by atoms with Gasteiger partial charge >= 0.3 is 6.09 Å². The summed E-state index contributed by atoms with van der Waals surface area (Å²) in [7, 11) is 0. The first-order valence-corrected chi connectivity index (χ1v) is 7.59. The SMILES string of the molecule is O=C1C=CN(C(=O)OCc2ccccc2)[C@@H](c2ccc(F)cc2)C1. The summed E-state index contributed by atoms with van der Waals surface area (Å²) in [5.41, 5.74) is 1.56. The Labute approximate surface area is 139 Å². The Morgan fingerprint density at radius 2 is 1.83 bits per heavy atom. The van der Waals surface area contributed by atoms with Crippen molar-refractivity contribution in [2.24, 2.45) is 0 Å². The molecule has 122 valence electrons. The van der Waals surface area contributed by atoms with Gasteiger partial charge in [-0.25, -0.2) is 9.18 Å². The van der Waals surface area contributed by atoms with Gasteiger partial charge in [0.1, 0.15) is 12.4 Å². The third-order valence-corrected chi connectivity index (χ3v) is 3.82. The van der Waals surface area contributed by atoms with Crippen LogP contribution in [-0.2, 0) is 16.1 Å². The van der Waals surface area contributed by atoms with Crippen LogP contribution in [0.3, 0.4) is 0 Å². The van der Waals surface area contributed by atoms with Crippen LogP contribution in [0.25, 0.3) is 0 Å². The summed E-state index contributed by atoms with van der Waals surface area (Å²) >= 11 is 0. The summed E-state index contributed by atoms with van der Waals surface area (Å²) in [6.45, 7) is 0.147. The minimum atomic E-state index is -0.545. The van der Waals surface area contributed by atoms with Crippen molar-refractivity contribution in [1.82, 2.24) is 4.90 Å². The Balaban J connectivity index is 1.75. The number of halogens is 1. The van der Waals surface area contributed by atoms with Gasteiger partial charge in [-0.05, 0) is 29.3 Å². The Morgan fingerprint density at radius 1 is 1.12 bits per heavy atom. The molecule has 2 aromatic carbocycles. The highest BCUT2D eigenvalue weighted by molar-refractivity contribution is 5.92. The van der Waals surface area contributed by atoms with Crippen molar-refractivity contribution in [3.8, 4) is 0 Å². The van der Waals surface area contributed by atoms with Gasteiger partial charge in [0, 0.05) is 12.6 Å². The van der Waals surface area contributed by atoms with Gasteiger partial charge in [-0.2, -0.15) is 0 Å². The van der Waals surface area contributed by atoms with Crippen LogP contribution in [-0.4, -0.2) is 16.8 Å². The maximum atomic E-state index is 13.1. The zero-order valence-electron chi connectivity index (χ0n) is 12.9. The Bertz CT molecular complexity index is 756. The lowest BCUT2D eigenvalue weighted by Crippen LogP contribution is -2.34. The molecule has 0 bridgehead atoms. The fourth-order valence-electron chi connectivity index (χ4n) is 2.57. The predicted molar refractivity (Wildman–Crippen MR) is 86.4 cm³/mol. The van der Waals surface area contributed by atoms with E-state index in [0.29, 0.717) is 5.56 Å². The molecule has 2 aromatic rings. The van der Waals surface area contributed by atoms with Gasteiger partial charge < -0.3 is 4.74 Å². The number of nitrogens with zero attached hydrogens (tertiary/aromatic N) is 1. The number of ketones is 1. The van der Waals surface area contributed by atoms with Gasteiger partial charge in [-0.3, -0.25) is 9.69 Å². The number of carbonyl (C=O) groups is 2. The second kappa shape index (κ2) is 7.08. The van der Waals surface area contributed by atoms with E-state index in [-0.39, 0.29) is 24.6 Å². The van der Waals surface area contributed by atoms with E-state index in [2.05, 4.69) is 0 Å². The van der Waals surface area contributed by atoms with Crippen molar-refractivity contribution in [2.45, 2.75) is 19.1 Å². The monoisotopic (exact) mass is 325 g/mol. The average Bonchev–Trinajstić information content (AvgIpc) is 2.61. The van der Waals surface area contributed by atoms with Gasteiger partial charge in [-0.1, -0.05) is 42.5 Å². The molecule has 0 fully saturated rings. The highest BCUT2D eigenvalue weighted by Gasteiger charge is 2.29. The lowest BCUT2D eigenvalue weighted by Gasteiger charge is -2.30. The molecule has 4 nitrogen and oxygen atoms in total. The van der Waals surface area contributed by atoms with E-state index in [9.17, 15) is 14.0 Å². The molecule has 1 aliphatic heterocycles. The average molecular weight is 325 g/mol. The number of carbonyl (C=O) groups excluding carboxylic acids is 2. The maximum Gasteiger partial charge on any atom is 0.414 e. The number of hydrogen-bond donors (Lipinski definition) is 0. The van der Waals surface area contributed by atoms with Crippen molar-refractivity contribution in [1.29, 1.82) is 0 Å². The van der Waals surface area contributed by atoms with Crippen LogP contribution in [0.15, 0.2) is 66.9 Å². The molecule has 1 heterocycles. The van der Waals surface area contributed by atoms with Crippen LogP contribution in [0, 0.1) is 5.82 Å². The van der Waals surface area contributed by atoms with Gasteiger partial charge in [-0.15, -0.1) is 0 Å². The third-order valence-electron chi connectivity index (χ3n) is 3.82. The zero-order chi connectivity index (χ0) is 16.9. The highest BCUT2D eigenvalue weighted by atomic mass is 19.1. The van der Waals surface area contributed by atoms with Crippen LogP contribution in [0.4, 0.5) is 9.18 Å². The number of allylic oxidation sites excluding steroid dienone is 1. The van der Waals surface area contributed by atoms with E-state index < -0.39 is 12.1 Å². The van der Waals surface area contributed by atoms with Crippen LogP contribution in [0.5, 0.6) is 0 Å². The van der Waals surface area contributed by atoms with Crippen molar-refractivity contribution in [3.05, 3.63) is 83.8 Å². The number of amides is 1. The molecule has 0 radical (unpaired) electrons. The van der Waals surface area contributed by atoms with E-state index in [1.54, 1.807) is 12.1 Å². The minimum Gasteiger partial charge on any atom is -0.444 e. The molecular formula is C19H16FNO3. The summed E-state index contributed by atoms with van der Waals surface area (Å²) in [6, 6.07) is 14.6. The lowest BCUT2D eigenvalue weighted by atomic mass is 9.98. The molecule has 3 rings (SSSR count). The molecule has 24 heavy (non-hydrogen) atoms. The normalized spacial score (nSPS) is 17.0. The fraction of sp³-hybridized carbons (Fsp3) is 0.158. The summed E-state index contributed by atoms with van der Waals surface area (Å²) in [5, 5.41) is 0. The highest BCUT2D eigenvalue weighted by Crippen LogP contribution is 2.29. The first-order valence-electron chi connectivity index (χ1n) is 7.59. The van der Waals surface area contributed by atoms with Gasteiger partial charge in [0.25, 0.3) is 0 Å². The summed E-state index contributed by atoms with van der Waals surface area (Å²) < 4.78 is 18.4. The van der Waals surface area contributed by atoms with E-state index >= 15 is 0 Å². The number of ether oxygens (including phenoxy) is 1. The summed E-state index contributed by atoms with van der Waals surface area (Å²) in [4.78, 5) is 25.5. The number of hydrogen-bond acceptors (Lipinski definition) is 3. The topological polar surface area (TPSA) is 46.6 Å². The van der Waals surface area contributed by atoms with Crippen LogP contribution < -0.4 is 0 Å². The fourth-order valence-corrected chi connectivity index (χ4v) is 2.57. The summed E-state index contributed by atoms with van der Waals surface area (Å²) in [5.74, 6) is -0.453. The smallest absolute Gasteiger partial charge is 0.414 e. The summed E-state index contributed by atoms with van der Waals surface area (Å²) in [6.07, 6.45) is 2.37. The van der Waals surface area contributed by atoms with Crippen LogP contribution >= 0.6 is 0 Å². The van der Waals surface area contributed by atoms with E-state index in [1.807, 2.05) is 30.3 Å². The molecule has 5 heteroatoms. The second-order valence-corrected chi connectivity index (χ2v) is 5.50. The molecule has 0 aliphatic carbocycles. The van der Waals surface area contributed by atoms with E-state index in [1.165, 1.54) is 29.3 Å². The van der Waals surface area contributed by atoms with Gasteiger partial charge in [0.05, 0.1) is 6.04 Å². The molecule has 1 aliphatic rings. The lowest BCUT2D eigenvalue weighted by molar-refractivity contribution is -0.116. The van der Waals surface area contributed by atoms with Crippen molar-refractivity contribution in [3.63, 3.8) is 0 Å². The maximum absolute atomic E-state index is 13.1. The molecule has 0 aromatic heterocycles. The standard InChI is InChI=1S/C19H16FNO3/c20-16-8-6-15(7-9-16)18-12-17(22)10-11-21(18)19(23)24-13-14-4-2-1-3-5-14/h1-11,18H,12-13H2/t18-/m1/s1. The molecule has 0 unspecified atom stereocenters. The Kier molecular flexibility index (Phi) is 4.70. The molecular weight excluding hydrogens is 309 g/mol. The van der Waals surface area contributed by atoms with Crippen molar-refractivity contribution in [2.75, 3.05) is 0 Å². The molecule has 0 saturated heterocycles. The van der Waals surface area contributed by atoms with Crippen LogP contribution in [0.1, 0.15) is 23.6 Å². The van der Waals surface area contributed by atoms with E-state index in [4.69, 9.17) is 4.74 Å². The second-order valence-electron chi connectivity index (χ2n) is 5.50. The molecule has 1 amide bonds. The molecule has 0 spiro atoms. The van der Waals surface area contributed by atoms with Gasteiger partial charge in [0.2, 0.25) is 0 Å². The number of benzene rings is 2. The first-order chi connectivity index (χ1) is 11.6. The predicted octanol–water partition coefficient (Wildman–Crippen LogP) is 3.99. The Hall–Kier alpha value is -2.95. The molecule has 0 N–H and O–H groups in total. The first kappa shape index (κ1) is 15.9. The minimum absolute atomic E-state index is 0.0866. The Morgan fingerprint density at radius 3 is 2.54 bits per heavy atom. The quantitative estimate of drug-likeness (QED) is 0.857. The van der Waals surface area contributed by atoms with Crippen molar-refractivity contribution >= 4 is 11.9 Å². The molecule has 1 atom stereocenters.